The lowest BCUT2D eigenvalue weighted by Crippen LogP contribution is -1.96. The Balaban J connectivity index is 2.04. The number of hydrogen-bond donors (Lipinski definition) is 1. The Morgan fingerprint density at radius 3 is 2.71 bits per heavy atom. The molecule has 2 rings (SSSR count). The van der Waals surface area contributed by atoms with Crippen LogP contribution in [0, 0.1) is 12.7 Å². The second-order valence-electron chi connectivity index (χ2n) is 3.79. The van der Waals surface area contributed by atoms with Crippen LogP contribution in [0.15, 0.2) is 30.3 Å². The van der Waals surface area contributed by atoms with Crippen molar-refractivity contribution < 1.29 is 9.13 Å². The molecule has 0 aliphatic heterocycles. The van der Waals surface area contributed by atoms with Crippen molar-refractivity contribution in [3.8, 4) is 5.75 Å². The van der Waals surface area contributed by atoms with Gasteiger partial charge in [0.1, 0.15) is 6.61 Å². The quantitative estimate of drug-likeness (QED) is 0.905. The number of aryl methyl sites for hydroxylation is 1. The second-order valence-corrected chi connectivity index (χ2v) is 5.05. The van der Waals surface area contributed by atoms with Gasteiger partial charge < -0.3 is 10.5 Å². The summed E-state index contributed by atoms with van der Waals surface area (Å²) in [4.78, 5) is 2.15. The second kappa shape index (κ2) is 5.29. The number of hydrogen-bond acceptors (Lipinski definition) is 3. The Morgan fingerprint density at radius 2 is 2.00 bits per heavy atom. The molecule has 2 nitrogen and oxygen atoms in total. The minimum atomic E-state index is -0.328. The molecular weight excluding hydrogens is 237 g/mol. The van der Waals surface area contributed by atoms with E-state index in [9.17, 15) is 4.39 Å². The molecule has 0 radical (unpaired) electrons. The summed E-state index contributed by atoms with van der Waals surface area (Å²) in [5.41, 5.74) is 6.51. The van der Waals surface area contributed by atoms with E-state index in [2.05, 4.69) is 0 Å². The topological polar surface area (TPSA) is 35.2 Å². The highest BCUT2D eigenvalue weighted by Gasteiger charge is 2.05. The summed E-state index contributed by atoms with van der Waals surface area (Å²) >= 11 is 1.59. The standard InChI is InChI=1S/C13H14FNOS/c1-9-2-5-12(14)13(6-9)16-8-11-4-3-10(7-15)17-11/h2-6H,7-8,15H2,1H3. The number of halogens is 1. The highest BCUT2D eigenvalue weighted by Crippen LogP contribution is 2.22. The largest absolute Gasteiger partial charge is 0.485 e. The first-order valence-corrected chi connectivity index (χ1v) is 6.17. The third kappa shape index (κ3) is 3.05. The molecule has 2 aromatic rings. The molecule has 0 fully saturated rings. The van der Waals surface area contributed by atoms with Gasteiger partial charge in [-0.1, -0.05) is 6.07 Å². The first kappa shape index (κ1) is 12.1. The van der Waals surface area contributed by atoms with E-state index in [1.807, 2.05) is 19.1 Å². The Labute approximate surface area is 104 Å². The van der Waals surface area contributed by atoms with E-state index in [0.717, 1.165) is 15.3 Å². The molecule has 4 heteroatoms. The maximum Gasteiger partial charge on any atom is 0.165 e. The minimum Gasteiger partial charge on any atom is -0.485 e. The van der Waals surface area contributed by atoms with E-state index in [1.54, 1.807) is 23.5 Å². The molecule has 0 aliphatic carbocycles. The number of nitrogens with two attached hydrogens (primary N) is 1. The van der Waals surface area contributed by atoms with Gasteiger partial charge in [0.2, 0.25) is 0 Å². The highest BCUT2D eigenvalue weighted by atomic mass is 32.1. The minimum absolute atomic E-state index is 0.299. The van der Waals surface area contributed by atoms with E-state index in [-0.39, 0.29) is 5.82 Å². The lowest BCUT2D eigenvalue weighted by molar-refractivity contribution is 0.293. The highest BCUT2D eigenvalue weighted by molar-refractivity contribution is 7.11. The molecule has 0 saturated heterocycles. The third-order valence-corrected chi connectivity index (χ3v) is 3.46. The van der Waals surface area contributed by atoms with E-state index in [1.165, 1.54) is 6.07 Å². The monoisotopic (exact) mass is 251 g/mol. The maximum absolute atomic E-state index is 13.4. The van der Waals surface area contributed by atoms with Gasteiger partial charge >= 0.3 is 0 Å². The molecule has 1 aromatic heterocycles. The van der Waals surface area contributed by atoms with Crippen molar-refractivity contribution in [3.05, 3.63) is 51.5 Å². The predicted octanol–water partition coefficient (Wildman–Crippen LogP) is 3.23. The molecule has 0 amide bonds. The molecule has 1 heterocycles. The van der Waals surface area contributed by atoms with Crippen LogP contribution in [0.1, 0.15) is 15.3 Å². The van der Waals surface area contributed by atoms with Crippen LogP contribution in [-0.2, 0) is 13.2 Å². The van der Waals surface area contributed by atoms with Crippen molar-refractivity contribution in [1.29, 1.82) is 0 Å². The van der Waals surface area contributed by atoms with Crippen molar-refractivity contribution >= 4 is 11.3 Å². The molecule has 17 heavy (non-hydrogen) atoms. The van der Waals surface area contributed by atoms with Crippen LogP contribution in [0.5, 0.6) is 5.75 Å². The molecule has 0 spiro atoms. The van der Waals surface area contributed by atoms with Gasteiger partial charge in [0.05, 0.1) is 0 Å². The third-order valence-electron chi connectivity index (χ3n) is 2.38. The summed E-state index contributed by atoms with van der Waals surface area (Å²) in [5.74, 6) is -0.0288. The van der Waals surface area contributed by atoms with Gasteiger partial charge in [-0.25, -0.2) is 4.39 Å². The molecule has 0 bridgehead atoms. The first-order valence-electron chi connectivity index (χ1n) is 5.35. The van der Waals surface area contributed by atoms with E-state index < -0.39 is 0 Å². The molecule has 1 aromatic carbocycles. The Hall–Kier alpha value is -1.39. The van der Waals surface area contributed by atoms with Crippen LogP contribution in [0.3, 0.4) is 0 Å². The molecule has 0 aliphatic rings. The van der Waals surface area contributed by atoms with Crippen molar-refractivity contribution in [2.45, 2.75) is 20.1 Å². The Bertz CT molecular complexity index is 510. The maximum atomic E-state index is 13.4. The number of ether oxygens (including phenoxy) is 1. The first-order chi connectivity index (χ1) is 8.19. The lowest BCUT2D eigenvalue weighted by Gasteiger charge is -2.06. The summed E-state index contributed by atoms with van der Waals surface area (Å²) in [5, 5.41) is 0. The van der Waals surface area contributed by atoms with Gasteiger partial charge in [-0.2, -0.15) is 0 Å². The van der Waals surface area contributed by atoms with Gasteiger partial charge in [0, 0.05) is 16.3 Å². The zero-order chi connectivity index (χ0) is 12.3. The van der Waals surface area contributed by atoms with E-state index >= 15 is 0 Å². The van der Waals surface area contributed by atoms with Crippen LogP contribution >= 0.6 is 11.3 Å². The fraction of sp³-hybridized carbons (Fsp3) is 0.231. The van der Waals surface area contributed by atoms with E-state index in [0.29, 0.717) is 18.9 Å². The van der Waals surface area contributed by atoms with Gasteiger partial charge in [-0.3, -0.25) is 0 Å². The zero-order valence-corrected chi connectivity index (χ0v) is 10.4. The van der Waals surface area contributed by atoms with Gasteiger partial charge in [0.15, 0.2) is 11.6 Å². The van der Waals surface area contributed by atoms with Crippen LogP contribution in [0.2, 0.25) is 0 Å². The van der Waals surface area contributed by atoms with Gasteiger partial charge in [0.25, 0.3) is 0 Å². The number of benzene rings is 1. The smallest absolute Gasteiger partial charge is 0.165 e. The normalized spacial score (nSPS) is 10.5. The molecule has 0 atom stereocenters. The van der Waals surface area contributed by atoms with Crippen LogP contribution in [0.4, 0.5) is 4.39 Å². The molecule has 0 saturated carbocycles. The fourth-order valence-electron chi connectivity index (χ4n) is 1.48. The molecule has 0 unspecified atom stereocenters. The van der Waals surface area contributed by atoms with Crippen LogP contribution in [-0.4, -0.2) is 0 Å². The van der Waals surface area contributed by atoms with E-state index in [4.69, 9.17) is 10.5 Å². The Morgan fingerprint density at radius 1 is 1.24 bits per heavy atom. The summed E-state index contributed by atoms with van der Waals surface area (Å²) in [6.07, 6.45) is 0. The average Bonchev–Trinajstić information content (AvgIpc) is 2.78. The summed E-state index contributed by atoms with van der Waals surface area (Å²) < 4.78 is 18.9. The van der Waals surface area contributed by atoms with Crippen molar-refractivity contribution in [2.24, 2.45) is 5.73 Å². The van der Waals surface area contributed by atoms with Gasteiger partial charge in [-0.15, -0.1) is 11.3 Å². The predicted molar refractivity (Wildman–Crippen MR) is 67.7 cm³/mol. The summed E-state index contributed by atoms with van der Waals surface area (Å²) in [7, 11) is 0. The summed E-state index contributed by atoms with van der Waals surface area (Å²) in [6.45, 7) is 2.82. The molecular formula is C13H14FNOS. The lowest BCUT2D eigenvalue weighted by atomic mass is 10.2. The fourth-order valence-corrected chi connectivity index (χ4v) is 2.29. The average molecular weight is 251 g/mol. The molecule has 2 N–H and O–H groups in total. The van der Waals surface area contributed by atoms with Crippen LogP contribution in [0.25, 0.3) is 0 Å². The number of thiophene rings is 1. The zero-order valence-electron chi connectivity index (χ0n) is 9.57. The van der Waals surface area contributed by atoms with Gasteiger partial charge in [-0.05, 0) is 36.8 Å². The SMILES string of the molecule is Cc1ccc(F)c(OCc2ccc(CN)s2)c1. The van der Waals surface area contributed by atoms with Crippen molar-refractivity contribution in [1.82, 2.24) is 0 Å². The van der Waals surface area contributed by atoms with Crippen LogP contribution < -0.4 is 10.5 Å². The number of rotatable bonds is 4. The van der Waals surface area contributed by atoms with Crippen molar-refractivity contribution in [2.75, 3.05) is 0 Å². The Kier molecular flexibility index (Phi) is 3.76. The molecule has 90 valence electrons. The summed E-state index contributed by atoms with van der Waals surface area (Å²) in [6, 6.07) is 8.77. The van der Waals surface area contributed by atoms with Crippen molar-refractivity contribution in [3.63, 3.8) is 0 Å².